The molecule has 3 nitrogen and oxygen atoms in total. The van der Waals surface area contributed by atoms with Crippen molar-refractivity contribution in [3.05, 3.63) is 65.0 Å². The van der Waals surface area contributed by atoms with Gasteiger partial charge in [-0.2, -0.15) is 0 Å². The number of aliphatic hydroxyl groups is 1. The minimum Gasteiger partial charge on any atom is -0.387 e. The third kappa shape index (κ3) is 2.57. The molecule has 1 unspecified atom stereocenters. The lowest BCUT2D eigenvalue weighted by Gasteiger charge is -2.15. The SMILES string of the molecule is Cc1ccc(C(O)Cn2c(C)nc3ccccc32)cc1C. The standard InChI is InChI=1S/C18H20N2O/c1-12-8-9-15(10-13(12)2)18(21)11-20-14(3)19-16-6-4-5-7-17(16)20/h4-10,18,21H,11H2,1-3H3. The Hall–Kier alpha value is -2.13. The second-order valence-corrected chi connectivity index (χ2v) is 5.62. The molecule has 0 aliphatic carbocycles. The van der Waals surface area contributed by atoms with E-state index in [1.807, 2.05) is 37.3 Å². The number of rotatable bonds is 3. The van der Waals surface area contributed by atoms with Gasteiger partial charge in [-0.3, -0.25) is 0 Å². The normalized spacial score (nSPS) is 12.8. The molecule has 0 bridgehead atoms. The van der Waals surface area contributed by atoms with Gasteiger partial charge >= 0.3 is 0 Å². The Bertz CT molecular complexity index is 789. The van der Waals surface area contributed by atoms with Crippen LogP contribution < -0.4 is 0 Å². The second kappa shape index (κ2) is 5.34. The first-order valence-electron chi connectivity index (χ1n) is 7.23. The summed E-state index contributed by atoms with van der Waals surface area (Å²) >= 11 is 0. The van der Waals surface area contributed by atoms with Crippen LogP contribution in [0.5, 0.6) is 0 Å². The third-order valence-electron chi connectivity index (χ3n) is 4.12. The molecule has 2 aromatic carbocycles. The molecular weight excluding hydrogens is 260 g/mol. The molecule has 3 heteroatoms. The molecule has 1 atom stereocenters. The predicted octanol–water partition coefficient (Wildman–Crippen LogP) is 3.70. The number of aryl methyl sites for hydroxylation is 3. The van der Waals surface area contributed by atoms with Crippen molar-refractivity contribution < 1.29 is 5.11 Å². The Kier molecular flexibility index (Phi) is 3.52. The van der Waals surface area contributed by atoms with Crippen molar-refractivity contribution in [2.75, 3.05) is 0 Å². The fraction of sp³-hybridized carbons (Fsp3) is 0.278. The van der Waals surface area contributed by atoms with E-state index in [4.69, 9.17) is 0 Å². The maximum atomic E-state index is 10.5. The quantitative estimate of drug-likeness (QED) is 0.794. The molecule has 3 rings (SSSR count). The summed E-state index contributed by atoms with van der Waals surface area (Å²) in [4.78, 5) is 4.54. The van der Waals surface area contributed by atoms with Gasteiger partial charge in [-0.15, -0.1) is 0 Å². The van der Waals surface area contributed by atoms with Gasteiger partial charge < -0.3 is 9.67 Å². The zero-order valence-electron chi connectivity index (χ0n) is 12.7. The lowest BCUT2D eigenvalue weighted by molar-refractivity contribution is 0.157. The molecule has 0 radical (unpaired) electrons. The van der Waals surface area contributed by atoms with Gasteiger partial charge in [0.25, 0.3) is 0 Å². The van der Waals surface area contributed by atoms with E-state index in [1.165, 1.54) is 11.1 Å². The van der Waals surface area contributed by atoms with E-state index >= 15 is 0 Å². The van der Waals surface area contributed by atoms with Gasteiger partial charge in [0.05, 0.1) is 23.7 Å². The summed E-state index contributed by atoms with van der Waals surface area (Å²) < 4.78 is 2.08. The summed E-state index contributed by atoms with van der Waals surface area (Å²) in [6.45, 7) is 6.66. The fourth-order valence-corrected chi connectivity index (χ4v) is 2.68. The number of fused-ring (bicyclic) bond motifs is 1. The van der Waals surface area contributed by atoms with Crippen molar-refractivity contribution in [2.24, 2.45) is 0 Å². The molecule has 1 N–H and O–H groups in total. The van der Waals surface area contributed by atoms with Crippen molar-refractivity contribution in [1.82, 2.24) is 9.55 Å². The molecule has 1 heterocycles. The van der Waals surface area contributed by atoms with Crippen LogP contribution in [0.3, 0.4) is 0 Å². The van der Waals surface area contributed by atoms with E-state index in [0.29, 0.717) is 6.54 Å². The monoisotopic (exact) mass is 280 g/mol. The van der Waals surface area contributed by atoms with Crippen molar-refractivity contribution in [3.63, 3.8) is 0 Å². The van der Waals surface area contributed by atoms with E-state index in [1.54, 1.807) is 0 Å². The van der Waals surface area contributed by atoms with Crippen LogP contribution >= 0.6 is 0 Å². The summed E-state index contributed by atoms with van der Waals surface area (Å²) in [5.74, 6) is 0.930. The molecule has 3 aromatic rings. The van der Waals surface area contributed by atoms with Crippen LogP contribution in [0.4, 0.5) is 0 Å². The number of aromatic nitrogens is 2. The van der Waals surface area contributed by atoms with E-state index in [-0.39, 0.29) is 0 Å². The van der Waals surface area contributed by atoms with Gasteiger partial charge in [-0.25, -0.2) is 4.98 Å². The molecular formula is C18H20N2O. The van der Waals surface area contributed by atoms with Crippen LogP contribution in [0.15, 0.2) is 42.5 Å². The minimum atomic E-state index is -0.527. The zero-order valence-corrected chi connectivity index (χ0v) is 12.7. The molecule has 108 valence electrons. The number of benzene rings is 2. The smallest absolute Gasteiger partial charge is 0.106 e. The van der Waals surface area contributed by atoms with Crippen LogP contribution in [0.1, 0.15) is 28.6 Å². The van der Waals surface area contributed by atoms with Crippen molar-refractivity contribution in [1.29, 1.82) is 0 Å². The first kappa shape index (κ1) is 13.8. The van der Waals surface area contributed by atoms with Gasteiger partial charge in [0.15, 0.2) is 0 Å². The first-order valence-corrected chi connectivity index (χ1v) is 7.23. The summed E-state index contributed by atoms with van der Waals surface area (Å²) in [6, 6.07) is 14.2. The number of imidazole rings is 1. The number of hydrogen-bond donors (Lipinski definition) is 1. The Morgan fingerprint density at radius 2 is 1.81 bits per heavy atom. The second-order valence-electron chi connectivity index (χ2n) is 5.62. The van der Waals surface area contributed by atoms with Crippen LogP contribution in [0.2, 0.25) is 0 Å². The van der Waals surface area contributed by atoms with Crippen molar-refractivity contribution in [2.45, 2.75) is 33.4 Å². The Labute approximate surface area is 124 Å². The van der Waals surface area contributed by atoms with Crippen LogP contribution in [-0.2, 0) is 6.54 Å². The van der Waals surface area contributed by atoms with Crippen LogP contribution in [-0.4, -0.2) is 14.7 Å². The zero-order chi connectivity index (χ0) is 15.0. The summed E-state index contributed by atoms with van der Waals surface area (Å²) in [5, 5.41) is 10.5. The molecule has 0 amide bonds. The third-order valence-corrected chi connectivity index (χ3v) is 4.12. The van der Waals surface area contributed by atoms with E-state index in [0.717, 1.165) is 22.4 Å². The molecule has 0 saturated heterocycles. The topological polar surface area (TPSA) is 38.0 Å². The fourth-order valence-electron chi connectivity index (χ4n) is 2.68. The average molecular weight is 280 g/mol. The molecule has 21 heavy (non-hydrogen) atoms. The van der Waals surface area contributed by atoms with Gasteiger partial charge in [0.2, 0.25) is 0 Å². The predicted molar refractivity (Wildman–Crippen MR) is 85.3 cm³/mol. The summed E-state index contributed by atoms with van der Waals surface area (Å²) in [7, 11) is 0. The Balaban J connectivity index is 1.94. The van der Waals surface area contributed by atoms with Crippen molar-refractivity contribution >= 4 is 11.0 Å². The maximum absolute atomic E-state index is 10.5. The molecule has 0 aliphatic heterocycles. The van der Waals surface area contributed by atoms with Crippen LogP contribution in [0, 0.1) is 20.8 Å². The number of hydrogen-bond acceptors (Lipinski definition) is 2. The van der Waals surface area contributed by atoms with E-state index in [9.17, 15) is 5.11 Å². The minimum absolute atomic E-state index is 0.523. The lowest BCUT2D eigenvalue weighted by atomic mass is 10.0. The van der Waals surface area contributed by atoms with E-state index < -0.39 is 6.10 Å². The highest BCUT2D eigenvalue weighted by Crippen LogP contribution is 2.22. The highest BCUT2D eigenvalue weighted by Gasteiger charge is 2.13. The highest BCUT2D eigenvalue weighted by molar-refractivity contribution is 5.75. The summed E-state index contributed by atoms with van der Waals surface area (Å²) in [6.07, 6.45) is -0.527. The Morgan fingerprint density at radius 3 is 2.57 bits per heavy atom. The summed E-state index contributed by atoms with van der Waals surface area (Å²) in [5.41, 5.74) is 5.45. The van der Waals surface area contributed by atoms with Gasteiger partial charge in [0, 0.05) is 0 Å². The van der Waals surface area contributed by atoms with Gasteiger partial charge in [-0.1, -0.05) is 30.3 Å². The molecule has 1 aromatic heterocycles. The lowest BCUT2D eigenvalue weighted by Crippen LogP contribution is -2.10. The van der Waals surface area contributed by atoms with Gasteiger partial charge in [-0.05, 0) is 49.6 Å². The molecule has 0 spiro atoms. The molecule has 0 aliphatic rings. The van der Waals surface area contributed by atoms with E-state index in [2.05, 4.69) is 35.5 Å². The number of para-hydroxylation sites is 2. The van der Waals surface area contributed by atoms with Crippen LogP contribution in [0.25, 0.3) is 11.0 Å². The highest BCUT2D eigenvalue weighted by atomic mass is 16.3. The molecule has 0 saturated carbocycles. The molecule has 0 fully saturated rings. The van der Waals surface area contributed by atoms with Crippen molar-refractivity contribution in [3.8, 4) is 0 Å². The largest absolute Gasteiger partial charge is 0.387 e. The average Bonchev–Trinajstić information content (AvgIpc) is 2.78. The Morgan fingerprint density at radius 1 is 1.05 bits per heavy atom. The van der Waals surface area contributed by atoms with Gasteiger partial charge in [0.1, 0.15) is 5.82 Å². The first-order chi connectivity index (χ1) is 10.1. The number of aliphatic hydroxyl groups excluding tert-OH is 1. The number of nitrogens with zero attached hydrogens (tertiary/aromatic N) is 2. The maximum Gasteiger partial charge on any atom is 0.106 e.